The molecule has 0 fully saturated rings. The maximum Gasteiger partial charge on any atom is 0.432 e. The van der Waals surface area contributed by atoms with Gasteiger partial charge in [-0.25, -0.2) is 9.97 Å². The fourth-order valence-corrected chi connectivity index (χ4v) is 4.12. The number of anilines is 2. The van der Waals surface area contributed by atoms with Crippen molar-refractivity contribution in [1.82, 2.24) is 34.9 Å². The van der Waals surface area contributed by atoms with Gasteiger partial charge in [0.25, 0.3) is 11.4 Å². The largest absolute Gasteiger partial charge is 0.432 e. The zero-order chi connectivity index (χ0) is 26.5. The highest BCUT2D eigenvalue weighted by Crippen LogP contribution is 2.34. The number of halogens is 4. The van der Waals surface area contributed by atoms with Gasteiger partial charge in [-0.05, 0) is 24.4 Å². The van der Waals surface area contributed by atoms with Gasteiger partial charge in [0, 0.05) is 13.0 Å². The molecule has 5 rings (SSSR count). The van der Waals surface area contributed by atoms with Crippen LogP contribution in [-0.2, 0) is 6.18 Å². The highest BCUT2D eigenvalue weighted by Gasteiger charge is 2.34. The van der Waals surface area contributed by atoms with Crippen LogP contribution in [0, 0.1) is 6.92 Å². The molecule has 0 aliphatic carbocycles. The lowest BCUT2D eigenvalue weighted by Crippen LogP contribution is -2.26. The monoisotopic (exact) mass is 531 g/mol. The highest BCUT2D eigenvalue weighted by atomic mass is 35.5. The summed E-state index contributed by atoms with van der Waals surface area (Å²) in [4.78, 5) is 21.8. The first-order chi connectivity index (χ1) is 17.5. The van der Waals surface area contributed by atoms with Crippen LogP contribution in [0.1, 0.15) is 30.2 Å². The van der Waals surface area contributed by atoms with Gasteiger partial charge >= 0.3 is 6.18 Å². The molecule has 1 unspecified atom stereocenters. The maximum absolute atomic E-state index is 13.6. The van der Waals surface area contributed by atoms with E-state index in [-0.39, 0.29) is 50.9 Å². The Kier molecular flexibility index (Phi) is 5.82. The number of fused-ring (bicyclic) bond motifs is 1. The number of nitrogens with zero attached hydrogens (tertiary/aromatic N) is 6. The Labute approximate surface area is 210 Å². The Morgan fingerprint density at radius 1 is 1.22 bits per heavy atom. The number of benzene rings is 1. The van der Waals surface area contributed by atoms with Crippen LogP contribution in [0.5, 0.6) is 0 Å². The van der Waals surface area contributed by atoms with Crippen LogP contribution < -0.4 is 16.6 Å². The molecule has 190 valence electrons. The van der Waals surface area contributed by atoms with Crippen molar-refractivity contribution in [2.75, 3.05) is 11.1 Å². The molecule has 11 nitrogen and oxygen atoms in total. The molecule has 0 aliphatic rings. The summed E-state index contributed by atoms with van der Waals surface area (Å²) in [6.07, 6.45) is -3.48. The number of aromatic amines is 1. The maximum atomic E-state index is 13.6. The number of aromatic nitrogens is 7. The van der Waals surface area contributed by atoms with E-state index in [0.29, 0.717) is 5.39 Å². The molecule has 0 aliphatic heterocycles. The van der Waals surface area contributed by atoms with Crippen molar-refractivity contribution in [3.63, 3.8) is 0 Å². The van der Waals surface area contributed by atoms with Crippen LogP contribution in [0.4, 0.5) is 24.8 Å². The van der Waals surface area contributed by atoms with Crippen LogP contribution in [0.25, 0.3) is 28.0 Å². The minimum atomic E-state index is -4.69. The molecule has 4 aromatic heterocycles. The summed E-state index contributed by atoms with van der Waals surface area (Å²) in [5.74, 6) is 0.342. The van der Waals surface area contributed by atoms with Gasteiger partial charge < -0.3 is 15.5 Å². The van der Waals surface area contributed by atoms with Crippen molar-refractivity contribution in [3.05, 3.63) is 69.3 Å². The number of nitrogen functional groups attached to an aromatic ring is 1. The molecular weight excluding hydrogens is 515 g/mol. The summed E-state index contributed by atoms with van der Waals surface area (Å²) in [5, 5.41) is 17.3. The molecule has 15 heteroatoms. The van der Waals surface area contributed by atoms with Crippen LogP contribution in [0.2, 0.25) is 5.02 Å². The van der Waals surface area contributed by atoms with Crippen molar-refractivity contribution in [2.45, 2.75) is 26.1 Å². The molecule has 1 atom stereocenters. The van der Waals surface area contributed by atoms with Crippen molar-refractivity contribution >= 4 is 34.0 Å². The molecular formula is C22H17ClF3N9O2. The predicted molar refractivity (Wildman–Crippen MR) is 128 cm³/mol. The van der Waals surface area contributed by atoms with E-state index in [1.807, 2.05) is 5.10 Å². The second-order valence-electron chi connectivity index (χ2n) is 8.03. The zero-order valence-corrected chi connectivity index (χ0v) is 19.9. The van der Waals surface area contributed by atoms with Crippen molar-refractivity contribution in [3.8, 4) is 17.3 Å². The molecule has 4 heterocycles. The van der Waals surface area contributed by atoms with Crippen LogP contribution in [0.3, 0.4) is 0 Å². The molecule has 0 spiro atoms. The van der Waals surface area contributed by atoms with Gasteiger partial charge in [-0.15, -0.1) is 10.2 Å². The smallest absolute Gasteiger partial charge is 0.421 e. The molecule has 0 radical (unpaired) electrons. The number of rotatable bonds is 5. The Bertz CT molecular complexity index is 1690. The van der Waals surface area contributed by atoms with Crippen LogP contribution in [-0.4, -0.2) is 34.9 Å². The van der Waals surface area contributed by atoms with Gasteiger partial charge in [0.1, 0.15) is 29.2 Å². The van der Waals surface area contributed by atoms with E-state index in [2.05, 4.69) is 30.6 Å². The van der Waals surface area contributed by atoms with E-state index >= 15 is 0 Å². The van der Waals surface area contributed by atoms with Crippen LogP contribution >= 0.6 is 11.6 Å². The SMILES string of the molecule is Cc1nnc(-c2c(N)ncnc2NC(C)c2cc3cccc(Cl)c3c(=O)n2-c2cc(C(F)(F)F)[nH]n2)o1. The first-order valence-electron chi connectivity index (χ1n) is 10.7. The van der Waals surface area contributed by atoms with Crippen molar-refractivity contribution < 1.29 is 17.6 Å². The van der Waals surface area contributed by atoms with Gasteiger partial charge in [0.05, 0.1) is 22.1 Å². The summed E-state index contributed by atoms with van der Waals surface area (Å²) in [6, 6.07) is 6.50. The molecule has 0 saturated heterocycles. The van der Waals surface area contributed by atoms with Gasteiger partial charge in [-0.2, -0.15) is 18.3 Å². The van der Waals surface area contributed by atoms with Crippen molar-refractivity contribution in [2.24, 2.45) is 0 Å². The van der Waals surface area contributed by atoms with Crippen LogP contribution in [0.15, 0.2) is 45.9 Å². The summed E-state index contributed by atoms with van der Waals surface area (Å²) < 4.78 is 46.4. The summed E-state index contributed by atoms with van der Waals surface area (Å²) >= 11 is 6.28. The number of hydrogen-bond donors (Lipinski definition) is 3. The number of nitrogens with one attached hydrogen (secondary N) is 2. The quantitative estimate of drug-likeness (QED) is 0.301. The number of hydrogen-bond acceptors (Lipinski definition) is 9. The lowest BCUT2D eigenvalue weighted by atomic mass is 10.1. The molecule has 0 saturated carbocycles. The third-order valence-corrected chi connectivity index (χ3v) is 5.85. The molecule has 37 heavy (non-hydrogen) atoms. The van der Waals surface area contributed by atoms with Gasteiger partial charge in [0.2, 0.25) is 5.89 Å². The van der Waals surface area contributed by atoms with E-state index in [1.54, 1.807) is 32.0 Å². The lowest BCUT2D eigenvalue weighted by molar-refractivity contribution is -0.141. The standard InChI is InChI=1S/C22H17ClF3N9O2/c1-9(30-19-17(18(27)28-8-29-19)20-34-31-10(2)37-20)13-6-11-4-3-5-12(23)16(11)21(36)35(13)15-7-14(32-33-15)22(24,25)26/h3-9H,1-2H3,(H,32,33)(H3,27,28,29,30). The average Bonchev–Trinajstić information content (AvgIpc) is 3.48. The Morgan fingerprint density at radius 3 is 2.68 bits per heavy atom. The summed E-state index contributed by atoms with van der Waals surface area (Å²) in [6.45, 7) is 3.28. The Balaban J connectivity index is 1.68. The number of alkyl halides is 3. The van der Waals surface area contributed by atoms with E-state index in [0.717, 1.165) is 10.6 Å². The second-order valence-corrected chi connectivity index (χ2v) is 8.43. The average molecular weight is 532 g/mol. The van der Waals surface area contributed by atoms with Gasteiger partial charge in [-0.1, -0.05) is 23.7 Å². The molecule has 4 N–H and O–H groups in total. The highest BCUT2D eigenvalue weighted by molar-refractivity contribution is 6.35. The lowest BCUT2D eigenvalue weighted by Gasteiger charge is -2.21. The first-order valence-corrected chi connectivity index (χ1v) is 11.1. The van der Waals surface area contributed by atoms with Gasteiger partial charge in [0.15, 0.2) is 5.82 Å². The number of aryl methyl sites for hydroxylation is 1. The number of nitrogens with two attached hydrogens (primary N) is 1. The fourth-order valence-electron chi connectivity index (χ4n) is 3.86. The summed E-state index contributed by atoms with van der Waals surface area (Å²) in [5.41, 5.74) is 4.78. The minimum absolute atomic E-state index is 0.0538. The van der Waals surface area contributed by atoms with Crippen molar-refractivity contribution in [1.29, 1.82) is 0 Å². The first kappa shape index (κ1) is 24.2. The second kappa shape index (κ2) is 8.89. The van der Waals surface area contributed by atoms with E-state index < -0.39 is 23.5 Å². The Hall–Kier alpha value is -4.46. The van der Waals surface area contributed by atoms with E-state index in [1.165, 1.54) is 12.4 Å². The molecule has 5 aromatic rings. The Morgan fingerprint density at radius 2 is 2.00 bits per heavy atom. The molecule has 0 amide bonds. The number of pyridine rings is 1. The minimum Gasteiger partial charge on any atom is -0.421 e. The van der Waals surface area contributed by atoms with E-state index in [9.17, 15) is 18.0 Å². The summed E-state index contributed by atoms with van der Waals surface area (Å²) in [7, 11) is 0. The normalized spacial score (nSPS) is 12.7. The van der Waals surface area contributed by atoms with Gasteiger partial charge in [-0.3, -0.25) is 14.5 Å². The number of H-pyrrole nitrogens is 1. The zero-order valence-electron chi connectivity index (χ0n) is 19.1. The third kappa shape index (κ3) is 4.35. The van der Waals surface area contributed by atoms with E-state index in [4.69, 9.17) is 21.8 Å². The topological polar surface area (TPSA) is 153 Å². The molecule has 0 bridgehead atoms. The fraction of sp³-hybridized carbons (Fsp3) is 0.182. The molecule has 1 aromatic carbocycles. The third-order valence-electron chi connectivity index (χ3n) is 5.54. The predicted octanol–water partition coefficient (Wildman–Crippen LogP) is 4.29.